The van der Waals surface area contributed by atoms with Crippen molar-refractivity contribution in [3.63, 3.8) is 0 Å². The molecule has 0 bridgehead atoms. The third kappa shape index (κ3) is 7.96. The van der Waals surface area contributed by atoms with Crippen LogP contribution in [-0.2, 0) is 34.4 Å². The van der Waals surface area contributed by atoms with Crippen molar-refractivity contribution in [2.24, 2.45) is 0 Å². The molecule has 0 aliphatic heterocycles. The quantitative estimate of drug-likeness (QED) is 0.350. The summed E-state index contributed by atoms with van der Waals surface area (Å²) in [6, 6.07) is 25.2. The number of nitrogens with one attached hydrogen (secondary N) is 1. The van der Waals surface area contributed by atoms with Crippen molar-refractivity contribution in [2.45, 2.75) is 65.0 Å². The SMILES string of the molecule is CCNC(=O)[C@H](Cc1ccccc1)N(Cc1ccc(Cl)cc1)C(=O)CCc1ccc(C(C)(C)C)cc1. The Hall–Kier alpha value is -3.11. The third-order valence-corrected chi connectivity index (χ3v) is 6.59. The highest BCUT2D eigenvalue weighted by Crippen LogP contribution is 2.23. The maximum Gasteiger partial charge on any atom is 0.243 e. The van der Waals surface area contributed by atoms with Crippen molar-refractivity contribution in [1.82, 2.24) is 10.2 Å². The standard InChI is InChI=1S/C31H37ClN2O2/c1-5-33-30(36)28(21-24-9-7-6-8-10-24)34(22-25-13-18-27(32)19-14-25)29(35)20-15-23-11-16-26(17-12-23)31(2,3)4/h6-14,16-19,28H,5,15,20-22H2,1-4H3,(H,33,36)/t28-/m0/s1. The molecule has 3 rings (SSSR count). The number of likely N-dealkylation sites (N-methyl/N-ethyl adjacent to an activating group) is 1. The van der Waals surface area contributed by atoms with E-state index in [9.17, 15) is 9.59 Å². The van der Waals surface area contributed by atoms with E-state index >= 15 is 0 Å². The van der Waals surface area contributed by atoms with Gasteiger partial charge in [-0.05, 0) is 53.1 Å². The summed E-state index contributed by atoms with van der Waals surface area (Å²) < 4.78 is 0. The van der Waals surface area contributed by atoms with E-state index in [2.05, 4.69) is 50.4 Å². The summed E-state index contributed by atoms with van der Waals surface area (Å²) in [5.41, 5.74) is 4.41. The van der Waals surface area contributed by atoms with Crippen LogP contribution in [0, 0.1) is 0 Å². The predicted octanol–water partition coefficient (Wildman–Crippen LogP) is 6.35. The second-order valence-electron chi connectivity index (χ2n) is 10.2. The van der Waals surface area contributed by atoms with Gasteiger partial charge in [0.2, 0.25) is 11.8 Å². The molecule has 0 spiro atoms. The van der Waals surface area contributed by atoms with Crippen molar-refractivity contribution >= 4 is 23.4 Å². The molecule has 1 N–H and O–H groups in total. The summed E-state index contributed by atoms with van der Waals surface area (Å²) >= 11 is 6.08. The molecule has 2 amide bonds. The first-order valence-corrected chi connectivity index (χ1v) is 13.0. The fourth-order valence-electron chi connectivity index (χ4n) is 4.20. The first-order chi connectivity index (χ1) is 17.2. The van der Waals surface area contributed by atoms with Crippen LogP contribution in [0.3, 0.4) is 0 Å². The van der Waals surface area contributed by atoms with Crippen LogP contribution in [0.2, 0.25) is 5.02 Å². The molecule has 0 heterocycles. The molecule has 1 atom stereocenters. The number of benzene rings is 3. The smallest absolute Gasteiger partial charge is 0.243 e. The number of rotatable bonds is 10. The van der Waals surface area contributed by atoms with Gasteiger partial charge in [0.25, 0.3) is 0 Å². The van der Waals surface area contributed by atoms with Gasteiger partial charge in [-0.3, -0.25) is 9.59 Å². The van der Waals surface area contributed by atoms with E-state index in [1.54, 1.807) is 4.90 Å². The van der Waals surface area contributed by atoms with Crippen molar-refractivity contribution in [2.75, 3.05) is 6.54 Å². The number of hydrogen-bond acceptors (Lipinski definition) is 2. The van der Waals surface area contributed by atoms with Crippen LogP contribution in [0.4, 0.5) is 0 Å². The van der Waals surface area contributed by atoms with Crippen molar-refractivity contribution in [3.05, 3.63) is 106 Å². The van der Waals surface area contributed by atoms with E-state index in [0.717, 1.165) is 16.7 Å². The summed E-state index contributed by atoms with van der Waals surface area (Å²) in [5, 5.41) is 3.58. The van der Waals surface area contributed by atoms with Crippen LogP contribution in [0.15, 0.2) is 78.9 Å². The molecule has 0 saturated heterocycles. The molecule has 190 valence electrons. The fraction of sp³-hybridized carbons (Fsp3) is 0.355. The average Bonchev–Trinajstić information content (AvgIpc) is 2.86. The lowest BCUT2D eigenvalue weighted by atomic mass is 9.86. The molecule has 0 radical (unpaired) electrons. The molecule has 5 heteroatoms. The van der Waals surface area contributed by atoms with Gasteiger partial charge in [-0.1, -0.05) is 99.1 Å². The molecule has 0 aliphatic carbocycles. The second kappa shape index (κ2) is 12.7. The predicted molar refractivity (Wildman–Crippen MR) is 148 cm³/mol. The Kier molecular flexibility index (Phi) is 9.72. The van der Waals surface area contributed by atoms with E-state index in [0.29, 0.717) is 37.4 Å². The Morgan fingerprint density at radius 2 is 1.47 bits per heavy atom. The zero-order valence-corrected chi connectivity index (χ0v) is 22.5. The summed E-state index contributed by atoms with van der Waals surface area (Å²) in [6.45, 7) is 9.31. The highest BCUT2D eigenvalue weighted by Gasteiger charge is 2.30. The van der Waals surface area contributed by atoms with E-state index in [-0.39, 0.29) is 17.2 Å². The molecular formula is C31H37ClN2O2. The molecule has 0 unspecified atom stereocenters. The van der Waals surface area contributed by atoms with E-state index in [4.69, 9.17) is 11.6 Å². The van der Waals surface area contributed by atoms with Crippen molar-refractivity contribution in [1.29, 1.82) is 0 Å². The highest BCUT2D eigenvalue weighted by molar-refractivity contribution is 6.30. The lowest BCUT2D eigenvalue weighted by molar-refractivity contribution is -0.141. The molecular weight excluding hydrogens is 468 g/mol. The van der Waals surface area contributed by atoms with Crippen LogP contribution < -0.4 is 5.32 Å². The van der Waals surface area contributed by atoms with Crippen LogP contribution in [0.5, 0.6) is 0 Å². The number of hydrogen-bond donors (Lipinski definition) is 1. The molecule has 0 aliphatic rings. The minimum Gasteiger partial charge on any atom is -0.355 e. The summed E-state index contributed by atoms with van der Waals surface area (Å²) in [5.74, 6) is -0.185. The maximum atomic E-state index is 13.7. The Bertz CT molecular complexity index is 1120. The van der Waals surface area contributed by atoms with Gasteiger partial charge in [-0.25, -0.2) is 0 Å². The van der Waals surface area contributed by atoms with E-state index in [1.807, 2.05) is 61.5 Å². The Morgan fingerprint density at radius 1 is 0.861 bits per heavy atom. The zero-order chi connectivity index (χ0) is 26.1. The van der Waals surface area contributed by atoms with Crippen LogP contribution in [0.1, 0.15) is 56.4 Å². The largest absolute Gasteiger partial charge is 0.355 e. The summed E-state index contributed by atoms with van der Waals surface area (Å²) in [7, 11) is 0. The highest BCUT2D eigenvalue weighted by atomic mass is 35.5. The Balaban J connectivity index is 1.85. The topological polar surface area (TPSA) is 49.4 Å². The first kappa shape index (κ1) is 27.5. The normalized spacial score (nSPS) is 12.1. The molecule has 36 heavy (non-hydrogen) atoms. The van der Waals surface area contributed by atoms with Crippen LogP contribution in [0.25, 0.3) is 0 Å². The molecule has 4 nitrogen and oxygen atoms in total. The Morgan fingerprint density at radius 3 is 2.06 bits per heavy atom. The zero-order valence-electron chi connectivity index (χ0n) is 21.8. The molecule has 3 aromatic carbocycles. The number of amides is 2. The van der Waals surface area contributed by atoms with Crippen molar-refractivity contribution in [3.8, 4) is 0 Å². The number of halogens is 1. The van der Waals surface area contributed by atoms with Gasteiger partial charge in [-0.15, -0.1) is 0 Å². The van der Waals surface area contributed by atoms with Gasteiger partial charge in [0.05, 0.1) is 0 Å². The van der Waals surface area contributed by atoms with Gasteiger partial charge >= 0.3 is 0 Å². The maximum absolute atomic E-state index is 13.7. The van der Waals surface area contributed by atoms with Crippen LogP contribution in [-0.4, -0.2) is 29.3 Å². The third-order valence-electron chi connectivity index (χ3n) is 6.34. The van der Waals surface area contributed by atoms with E-state index < -0.39 is 6.04 Å². The van der Waals surface area contributed by atoms with Gasteiger partial charge in [0.1, 0.15) is 6.04 Å². The molecule has 0 aromatic heterocycles. The summed E-state index contributed by atoms with van der Waals surface area (Å²) in [6.07, 6.45) is 1.40. The van der Waals surface area contributed by atoms with Gasteiger partial charge in [0, 0.05) is 31.0 Å². The minimum absolute atomic E-state index is 0.0444. The first-order valence-electron chi connectivity index (χ1n) is 12.6. The monoisotopic (exact) mass is 504 g/mol. The van der Waals surface area contributed by atoms with Crippen LogP contribution >= 0.6 is 11.6 Å². The second-order valence-corrected chi connectivity index (χ2v) is 10.6. The lowest BCUT2D eigenvalue weighted by Gasteiger charge is -2.31. The van der Waals surface area contributed by atoms with Crippen molar-refractivity contribution < 1.29 is 9.59 Å². The number of aryl methyl sites for hydroxylation is 1. The van der Waals surface area contributed by atoms with E-state index in [1.165, 1.54) is 5.56 Å². The van der Waals surface area contributed by atoms with Gasteiger partial charge in [0.15, 0.2) is 0 Å². The lowest BCUT2D eigenvalue weighted by Crippen LogP contribution is -2.50. The Labute approximate surface area is 220 Å². The number of nitrogens with zero attached hydrogens (tertiary/aromatic N) is 1. The molecule has 0 fully saturated rings. The average molecular weight is 505 g/mol. The van der Waals surface area contributed by atoms with Gasteiger partial charge < -0.3 is 10.2 Å². The fourth-order valence-corrected chi connectivity index (χ4v) is 4.32. The minimum atomic E-state index is -0.612. The number of carbonyl (C=O) groups is 2. The summed E-state index contributed by atoms with van der Waals surface area (Å²) in [4.78, 5) is 28.6. The molecule has 0 saturated carbocycles. The van der Waals surface area contributed by atoms with Gasteiger partial charge in [-0.2, -0.15) is 0 Å². The number of carbonyl (C=O) groups excluding carboxylic acids is 2. The molecule has 3 aromatic rings.